The van der Waals surface area contributed by atoms with E-state index in [9.17, 15) is 4.79 Å². The van der Waals surface area contributed by atoms with Gasteiger partial charge in [0, 0.05) is 19.3 Å². The normalized spacial score (nSPS) is 18.4. The lowest BCUT2D eigenvalue weighted by Gasteiger charge is -2.42. The van der Waals surface area contributed by atoms with E-state index >= 15 is 0 Å². The van der Waals surface area contributed by atoms with Crippen molar-refractivity contribution in [2.75, 3.05) is 19.7 Å². The second kappa shape index (κ2) is 6.39. The van der Waals surface area contributed by atoms with Crippen LogP contribution in [0, 0.1) is 0 Å². The van der Waals surface area contributed by atoms with E-state index in [-0.39, 0.29) is 11.5 Å². The lowest BCUT2D eigenvalue weighted by molar-refractivity contribution is -0.0963. The van der Waals surface area contributed by atoms with Gasteiger partial charge in [0.2, 0.25) is 0 Å². The fraction of sp³-hybridized carbons (Fsp3) is 0.333. The molecule has 0 N–H and O–H groups in total. The van der Waals surface area contributed by atoms with E-state index in [1.165, 1.54) is 18.1 Å². The van der Waals surface area contributed by atoms with Crippen molar-refractivity contribution in [3.05, 3.63) is 71.9 Å². The zero-order chi connectivity index (χ0) is 18.3. The highest BCUT2D eigenvalue weighted by atomic mass is 16.5. The second-order valence-corrected chi connectivity index (χ2v) is 7.18. The van der Waals surface area contributed by atoms with Crippen LogP contribution in [0.2, 0.25) is 0 Å². The number of aromatic nitrogens is 2. The Balaban J connectivity index is 1.40. The van der Waals surface area contributed by atoms with Crippen molar-refractivity contribution in [3.63, 3.8) is 0 Å². The molecule has 4 heterocycles. The molecule has 0 atom stereocenters. The highest BCUT2D eigenvalue weighted by Crippen LogP contribution is 2.41. The highest BCUT2D eigenvalue weighted by Gasteiger charge is 2.44. The molecular weight excluding hydrogens is 342 g/mol. The molecule has 0 radical (unpaired) electrons. The first-order valence-electron chi connectivity index (χ1n) is 9.35. The van der Waals surface area contributed by atoms with E-state index in [2.05, 4.69) is 18.3 Å². The van der Waals surface area contributed by atoms with Crippen molar-refractivity contribution in [1.29, 1.82) is 0 Å². The molecule has 2 aliphatic heterocycles. The van der Waals surface area contributed by atoms with Crippen molar-refractivity contribution in [2.45, 2.75) is 24.9 Å². The van der Waals surface area contributed by atoms with Crippen molar-refractivity contribution >= 4 is 5.91 Å². The summed E-state index contributed by atoms with van der Waals surface area (Å²) in [7, 11) is 0. The van der Waals surface area contributed by atoms with Crippen LogP contribution in [0.3, 0.4) is 0 Å². The molecule has 2 aromatic heterocycles. The summed E-state index contributed by atoms with van der Waals surface area (Å²) in [5.41, 5.74) is 3.55. The number of furan rings is 1. The number of benzene rings is 1. The number of piperidine rings is 1. The lowest BCUT2D eigenvalue weighted by atomic mass is 9.83. The van der Waals surface area contributed by atoms with Gasteiger partial charge in [-0.05, 0) is 43.0 Å². The van der Waals surface area contributed by atoms with Crippen LogP contribution in [-0.4, -0.2) is 40.3 Å². The van der Waals surface area contributed by atoms with Gasteiger partial charge >= 0.3 is 0 Å². The van der Waals surface area contributed by atoms with E-state index < -0.39 is 0 Å². The Kier molecular flexibility index (Phi) is 3.86. The van der Waals surface area contributed by atoms with Crippen molar-refractivity contribution in [1.82, 2.24) is 14.7 Å². The number of nitrogens with zero attached hydrogens (tertiary/aromatic N) is 3. The quantitative estimate of drug-likeness (QED) is 0.702. The van der Waals surface area contributed by atoms with E-state index in [0.29, 0.717) is 25.3 Å². The molecule has 0 aliphatic carbocycles. The number of hydrogen-bond acceptors (Lipinski definition) is 4. The van der Waals surface area contributed by atoms with E-state index in [0.717, 1.165) is 30.6 Å². The van der Waals surface area contributed by atoms with Crippen LogP contribution < -0.4 is 0 Å². The number of carbonyl (C=O) groups is 1. The molecule has 1 spiro atoms. The van der Waals surface area contributed by atoms with Gasteiger partial charge in [-0.2, -0.15) is 5.10 Å². The maximum Gasteiger partial charge on any atom is 0.257 e. The molecule has 6 nitrogen and oxygen atoms in total. The smallest absolute Gasteiger partial charge is 0.257 e. The van der Waals surface area contributed by atoms with E-state index in [1.54, 1.807) is 6.07 Å². The molecule has 1 amide bonds. The fourth-order valence-electron chi connectivity index (χ4n) is 4.13. The Morgan fingerprint density at radius 3 is 2.67 bits per heavy atom. The summed E-state index contributed by atoms with van der Waals surface area (Å²) in [6.07, 6.45) is 7.55. The number of fused-ring (bicyclic) bond motifs is 2. The summed E-state index contributed by atoms with van der Waals surface area (Å²) in [6.45, 7) is 2.01. The minimum Gasteiger partial charge on any atom is -0.472 e. The average molecular weight is 363 g/mol. The molecule has 0 saturated carbocycles. The second-order valence-electron chi connectivity index (χ2n) is 7.18. The predicted molar refractivity (Wildman–Crippen MR) is 98.7 cm³/mol. The van der Waals surface area contributed by atoms with Crippen LogP contribution >= 0.6 is 0 Å². The number of para-hydroxylation sites is 1. The first-order chi connectivity index (χ1) is 13.3. The zero-order valence-electron chi connectivity index (χ0n) is 15.0. The van der Waals surface area contributed by atoms with Gasteiger partial charge in [0.1, 0.15) is 11.9 Å². The van der Waals surface area contributed by atoms with Gasteiger partial charge in [0.05, 0.1) is 29.8 Å². The lowest BCUT2D eigenvalue weighted by Crippen LogP contribution is -2.48. The SMILES string of the molecule is O=C(c1ccoc1)N1CCC2(CC1)OCCc1cn(-c3ccccc3)nc12. The molecule has 138 valence electrons. The Bertz CT molecular complexity index is 938. The Hall–Kier alpha value is -2.86. The average Bonchev–Trinajstić information content (AvgIpc) is 3.40. The van der Waals surface area contributed by atoms with Gasteiger partial charge in [0.15, 0.2) is 0 Å². The summed E-state index contributed by atoms with van der Waals surface area (Å²) in [5, 5.41) is 4.89. The fourth-order valence-corrected chi connectivity index (χ4v) is 4.13. The zero-order valence-corrected chi connectivity index (χ0v) is 15.0. The Labute approximate surface area is 157 Å². The molecule has 1 fully saturated rings. The third-order valence-electron chi connectivity index (χ3n) is 5.62. The molecule has 1 saturated heterocycles. The van der Waals surface area contributed by atoms with Crippen LogP contribution in [0.4, 0.5) is 0 Å². The van der Waals surface area contributed by atoms with Crippen LogP contribution in [-0.2, 0) is 16.8 Å². The molecule has 1 aromatic carbocycles. The van der Waals surface area contributed by atoms with Crippen molar-refractivity contribution in [3.8, 4) is 5.69 Å². The maximum absolute atomic E-state index is 12.6. The number of hydrogen-bond donors (Lipinski definition) is 0. The minimum absolute atomic E-state index is 0.0180. The van der Waals surface area contributed by atoms with Crippen molar-refractivity contribution < 1.29 is 13.9 Å². The number of rotatable bonds is 2. The molecule has 6 heteroatoms. The van der Waals surface area contributed by atoms with Crippen molar-refractivity contribution in [2.24, 2.45) is 0 Å². The Morgan fingerprint density at radius 2 is 1.93 bits per heavy atom. The van der Waals surface area contributed by atoms with Gasteiger partial charge in [-0.1, -0.05) is 18.2 Å². The summed E-state index contributed by atoms with van der Waals surface area (Å²) < 4.78 is 13.3. The first-order valence-corrected chi connectivity index (χ1v) is 9.35. The first kappa shape index (κ1) is 16.3. The summed E-state index contributed by atoms with van der Waals surface area (Å²) in [4.78, 5) is 14.4. The Morgan fingerprint density at radius 1 is 1.11 bits per heavy atom. The number of ether oxygens (including phenoxy) is 1. The van der Waals surface area contributed by atoms with Gasteiger partial charge in [-0.15, -0.1) is 0 Å². The molecule has 5 rings (SSSR count). The highest BCUT2D eigenvalue weighted by molar-refractivity contribution is 5.93. The molecule has 3 aromatic rings. The minimum atomic E-state index is -0.388. The molecule has 0 unspecified atom stereocenters. The third-order valence-corrected chi connectivity index (χ3v) is 5.62. The van der Waals surface area contributed by atoms with E-state index in [4.69, 9.17) is 14.3 Å². The maximum atomic E-state index is 12.6. The van der Waals surface area contributed by atoms with Crippen LogP contribution in [0.5, 0.6) is 0 Å². The monoisotopic (exact) mass is 363 g/mol. The van der Waals surface area contributed by atoms with Crippen LogP contribution in [0.25, 0.3) is 5.69 Å². The van der Waals surface area contributed by atoms with E-state index in [1.807, 2.05) is 27.8 Å². The molecule has 2 aliphatic rings. The third kappa shape index (κ3) is 2.77. The standard InChI is InChI=1S/C21H21N3O3/c25-20(17-6-12-26-15-17)23-10-8-21(9-11-23)19-16(7-13-27-21)14-24(22-19)18-4-2-1-3-5-18/h1-6,12,14-15H,7-11,13H2. The molecule has 0 bridgehead atoms. The molecule has 27 heavy (non-hydrogen) atoms. The summed E-state index contributed by atoms with van der Waals surface area (Å²) in [5.74, 6) is 0.0180. The van der Waals surface area contributed by atoms with Gasteiger partial charge in [-0.3, -0.25) is 4.79 Å². The number of amides is 1. The topological polar surface area (TPSA) is 60.5 Å². The van der Waals surface area contributed by atoms with Gasteiger partial charge in [-0.25, -0.2) is 4.68 Å². The van der Waals surface area contributed by atoms with Crippen LogP contribution in [0.15, 0.2) is 59.5 Å². The summed E-state index contributed by atoms with van der Waals surface area (Å²) in [6, 6.07) is 11.9. The number of likely N-dealkylation sites (tertiary alicyclic amines) is 1. The van der Waals surface area contributed by atoms with Gasteiger partial charge < -0.3 is 14.1 Å². The van der Waals surface area contributed by atoms with Crippen LogP contribution in [0.1, 0.15) is 34.5 Å². The predicted octanol–water partition coefficient (Wildman–Crippen LogP) is 3.17. The summed E-state index contributed by atoms with van der Waals surface area (Å²) >= 11 is 0. The molecular formula is C21H21N3O3. The largest absolute Gasteiger partial charge is 0.472 e. The van der Waals surface area contributed by atoms with Gasteiger partial charge in [0.25, 0.3) is 5.91 Å². The number of carbonyl (C=O) groups excluding carboxylic acids is 1.